The second-order valence-corrected chi connectivity index (χ2v) is 8.74. The molecule has 0 spiro atoms. The Kier molecular flexibility index (Phi) is 7.56. The van der Waals surface area contributed by atoms with E-state index in [1.165, 1.54) is 5.56 Å². The highest BCUT2D eigenvalue weighted by Gasteiger charge is 2.30. The normalized spacial score (nSPS) is 12.9. The van der Waals surface area contributed by atoms with Gasteiger partial charge in [0.25, 0.3) is 0 Å². The lowest BCUT2D eigenvalue weighted by Gasteiger charge is -2.37. The van der Waals surface area contributed by atoms with E-state index in [9.17, 15) is 9.90 Å². The number of hydrogen-bond donors (Lipinski definition) is 1. The van der Waals surface area contributed by atoms with Crippen LogP contribution in [0, 0.1) is 6.92 Å². The van der Waals surface area contributed by atoms with Gasteiger partial charge in [0.05, 0.1) is 6.42 Å². The molecule has 0 aliphatic carbocycles. The van der Waals surface area contributed by atoms with Crippen LogP contribution in [0.3, 0.4) is 0 Å². The average Bonchev–Trinajstić information content (AvgIpc) is 2.87. The van der Waals surface area contributed by atoms with Gasteiger partial charge in [0.2, 0.25) is 0 Å². The molecule has 0 saturated carbocycles. The SMILES string of the molecule is Cc1c(-c2ccccc2)cccc1C(CC(=O)O)N(Cc1ccccc1)C(C)c1ccccc1. The molecule has 0 amide bonds. The van der Waals surface area contributed by atoms with Crippen LogP contribution in [-0.2, 0) is 11.3 Å². The molecule has 0 fully saturated rings. The largest absolute Gasteiger partial charge is 0.481 e. The van der Waals surface area contributed by atoms with Gasteiger partial charge in [-0.1, -0.05) is 109 Å². The topological polar surface area (TPSA) is 40.5 Å². The summed E-state index contributed by atoms with van der Waals surface area (Å²) in [5.41, 5.74) is 6.80. The van der Waals surface area contributed by atoms with E-state index < -0.39 is 5.97 Å². The van der Waals surface area contributed by atoms with E-state index in [0.717, 1.165) is 27.8 Å². The van der Waals surface area contributed by atoms with Crippen LogP contribution in [0.25, 0.3) is 11.1 Å². The first-order valence-electron chi connectivity index (χ1n) is 11.8. The van der Waals surface area contributed by atoms with E-state index in [0.29, 0.717) is 6.54 Å². The van der Waals surface area contributed by atoms with Crippen molar-refractivity contribution in [2.24, 2.45) is 0 Å². The fraction of sp³-hybridized carbons (Fsp3) is 0.194. The summed E-state index contributed by atoms with van der Waals surface area (Å²) in [4.78, 5) is 14.5. The molecule has 4 rings (SSSR count). The van der Waals surface area contributed by atoms with Crippen LogP contribution in [-0.4, -0.2) is 16.0 Å². The Morgan fingerprint density at radius 2 is 1.38 bits per heavy atom. The van der Waals surface area contributed by atoms with Crippen LogP contribution >= 0.6 is 0 Å². The lowest BCUT2D eigenvalue weighted by molar-refractivity contribution is -0.138. The summed E-state index contributed by atoms with van der Waals surface area (Å²) in [6.45, 7) is 4.94. The third-order valence-corrected chi connectivity index (χ3v) is 6.58. The number of carbonyl (C=O) groups is 1. The fourth-order valence-electron chi connectivity index (χ4n) is 4.75. The molecule has 34 heavy (non-hydrogen) atoms. The summed E-state index contributed by atoms with van der Waals surface area (Å²) in [5.74, 6) is -0.798. The third-order valence-electron chi connectivity index (χ3n) is 6.58. The smallest absolute Gasteiger partial charge is 0.305 e. The monoisotopic (exact) mass is 449 g/mol. The molecule has 1 N–H and O–H groups in total. The Bertz CT molecular complexity index is 1210. The second-order valence-electron chi connectivity index (χ2n) is 8.74. The minimum absolute atomic E-state index is 0.0308. The molecule has 0 bridgehead atoms. The van der Waals surface area contributed by atoms with Crippen molar-refractivity contribution >= 4 is 5.97 Å². The van der Waals surface area contributed by atoms with Gasteiger partial charge in [-0.25, -0.2) is 0 Å². The number of rotatable bonds is 9. The van der Waals surface area contributed by atoms with Crippen LogP contribution in [0.5, 0.6) is 0 Å². The van der Waals surface area contributed by atoms with Gasteiger partial charge in [0, 0.05) is 18.6 Å². The zero-order valence-corrected chi connectivity index (χ0v) is 19.8. The Hall–Kier alpha value is -3.69. The van der Waals surface area contributed by atoms with Crippen LogP contribution < -0.4 is 0 Å². The maximum absolute atomic E-state index is 12.1. The van der Waals surface area contributed by atoms with Gasteiger partial charge in [-0.15, -0.1) is 0 Å². The van der Waals surface area contributed by atoms with Gasteiger partial charge < -0.3 is 5.11 Å². The summed E-state index contributed by atoms with van der Waals surface area (Å²) in [7, 11) is 0. The van der Waals surface area contributed by atoms with E-state index in [1.54, 1.807) is 0 Å². The maximum atomic E-state index is 12.1. The van der Waals surface area contributed by atoms with Crippen molar-refractivity contribution in [1.82, 2.24) is 4.90 Å². The summed E-state index contributed by atoms with van der Waals surface area (Å²) in [6, 6.07) is 36.9. The van der Waals surface area contributed by atoms with Crippen LogP contribution in [0.15, 0.2) is 109 Å². The molecule has 4 aromatic carbocycles. The fourth-order valence-corrected chi connectivity index (χ4v) is 4.75. The molecule has 0 aromatic heterocycles. The van der Waals surface area contributed by atoms with Gasteiger partial charge >= 0.3 is 5.97 Å². The predicted molar refractivity (Wildman–Crippen MR) is 138 cm³/mol. The minimum atomic E-state index is -0.798. The van der Waals surface area contributed by atoms with E-state index in [-0.39, 0.29) is 18.5 Å². The summed E-state index contributed by atoms with van der Waals surface area (Å²) >= 11 is 0. The number of nitrogens with zero attached hydrogens (tertiary/aromatic N) is 1. The summed E-state index contributed by atoms with van der Waals surface area (Å²) < 4.78 is 0. The Labute approximate surface area is 202 Å². The van der Waals surface area contributed by atoms with E-state index in [1.807, 2.05) is 60.7 Å². The van der Waals surface area contributed by atoms with Crippen molar-refractivity contribution < 1.29 is 9.90 Å². The quantitative estimate of drug-likeness (QED) is 0.289. The number of benzene rings is 4. The summed E-state index contributed by atoms with van der Waals surface area (Å²) in [6.07, 6.45) is 0.0308. The first kappa shape index (κ1) is 23.5. The molecule has 4 aromatic rings. The molecule has 2 unspecified atom stereocenters. The highest BCUT2D eigenvalue weighted by atomic mass is 16.4. The zero-order chi connectivity index (χ0) is 23.9. The van der Waals surface area contributed by atoms with Crippen molar-refractivity contribution in [3.05, 3.63) is 131 Å². The van der Waals surface area contributed by atoms with Gasteiger partial charge in [-0.3, -0.25) is 9.69 Å². The second kappa shape index (κ2) is 11.0. The first-order valence-corrected chi connectivity index (χ1v) is 11.8. The first-order chi connectivity index (χ1) is 16.5. The lowest BCUT2D eigenvalue weighted by Crippen LogP contribution is -2.33. The van der Waals surface area contributed by atoms with Crippen LogP contribution in [0.1, 0.15) is 47.7 Å². The molecule has 3 heteroatoms. The predicted octanol–water partition coefficient (Wildman–Crippen LogP) is 7.44. The molecule has 0 saturated heterocycles. The van der Waals surface area contributed by atoms with Gasteiger partial charge in [-0.05, 0) is 47.2 Å². The number of aliphatic carboxylic acids is 1. The lowest BCUT2D eigenvalue weighted by atomic mass is 9.89. The van der Waals surface area contributed by atoms with Gasteiger partial charge in [0.15, 0.2) is 0 Å². The standard InChI is InChI=1S/C31H31NO2/c1-23-28(27-17-10-5-11-18-27)19-12-20-29(23)30(21-31(33)34)32(22-25-13-6-3-7-14-25)24(2)26-15-8-4-9-16-26/h3-20,24,30H,21-22H2,1-2H3,(H,33,34). The molecule has 3 nitrogen and oxygen atoms in total. The molecule has 2 atom stereocenters. The molecule has 172 valence electrons. The minimum Gasteiger partial charge on any atom is -0.481 e. The van der Waals surface area contributed by atoms with Crippen molar-refractivity contribution in [3.8, 4) is 11.1 Å². The third kappa shape index (κ3) is 5.44. The van der Waals surface area contributed by atoms with Crippen molar-refractivity contribution in [3.63, 3.8) is 0 Å². The summed E-state index contributed by atoms with van der Waals surface area (Å²) in [5, 5.41) is 9.96. The average molecular weight is 450 g/mol. The molecule has 0 aliphatic rings. The molecule has 0 heterocycles. The van der Waals surface area contributed by atoms with Crippen molar-refractivity contribution in [2.45, 2.75) is 38.9 Å². The number of carboxylic acids is 1. The maximum Gasteiger partial charge on any atom is 0.305 e. The van der Waals surface area contributed by atoms with Gasteiger partial charge in [-0.2, -0.15) is 0 Å². The van der Waals surface area contributed by atoms with E-state index in [4.69, 9.17) is 0 Å². The highest BCUT2D eigenvalue weighted by molar-refractivity contribution is 5.71. The number of carboxylic acid groups (broad SMARTS) is 1. The van der Waals surface area contributed by atoms with Crippen molar-refractivity contribution in [2.75, 3.05) is 0 Å². The molecule has 0 radical (unpaired) electrons. The van der Waals surface area contributed by atoms with Crippen LogP contribution in [0.2, 0.25) is 0 Å². The molecule has 0 aliphatic heterocycles. The Balaban J connectivity index is 1.82. The number of hydrogen-bond acceptors (Lipinski definition) is 2. The molecular formula is C31H31NO2. The zero-order valence-electron chi connectivity index (χ0n) is 19.8. The van der Waals surface area contributed by atoms with E-state index in [2.05, 4.69) is 67.3 Å². The van der Waals surface area contributed by atoms with E-state index >= 15 is 0 Å². The Morgan fingerprint density at radius 3 is 2.00 bits per heavy atom. The van der Waals surface area contributed by atoms with Crippen molar-refractivity contribution in [1.29, 1.82) is 0 Å². The highest BCUT2D eigenvalue weighted by Crippen LogP contribution is 2.38. The molecular weight excluding hydrogens is 418 g/mol. The van der Waals surface area contributed by atoms with Gasteiger partial charge in [0.1, 0.15) is 0 Å². The Morgan fingerprint density at radius 1 is 0.794 bits per heavy atom. The van der Waals surface area contributed by atoms with Crippen LogP contribution in [0.4, 0.5) is 0 Å².